The number of aliphatic hydroxyl groups is 11. The molecule has 9 aliphatic rings. The Morgan fingerprint density at radius 3 is 1.77 bits per heavy atom. The van der Waals surface area contributed by atoms with Crippen LogP contribution in [0.4, 0.5) is 0 Å². The maximum Gasteiger partial charge on any atom is 0.337 e. The molecule has 8 fully saturated rings. The van der Waals surface area contributed by atoms with Gasteiger partial charge in [-0.25, -0.2) is 4.79 Å². The number of carbonyl (C=O) groups is 2. The van der Waals surface area contributed by atoms with Gasteiger partial charge in [0.05, 0.1) is 37.4 Å². The zero-order valence-corrected chi connectivity index (χ0v) is 46.1. The van der Waals surface area contributed by atoms with Crippen LogP contribution in [0.1, 0.15) is 127 Å². The zero-order valence-electron chi connectivity index (χ0n) is 46.1. The second-order valence-electron chi connectivity index (χ2n) is 26.5. The topological polar surface area (TPSA) is 340 Å². The van der Waals surface area contributed by atoms with Crippen LogP contribution in [-0.4, -0.2) is 211 Å². The molecule has 4 heterocycles. The SMILES string of the molecule is COC(=O)[C@H]1O[C@@H](O[C@H]2CC[C@]3(C)[C@H]4CC=C5[C@@H]6CC(C)(C)CC[C@]6(C(=O)O[C@@H]6O[C@H](CO)[C@@H](O[C@@H]7O[C@@H](C)[C@H](O)[C@@H](O)[C@H]7O)[C@H](O)[C@H]6O)CC[C@@]5(C)[C@]4(C)CC[C@H]3C2(C)C)[C@H](O)[C@@H](O[C@@H]2O[C@@H](C)[C@H](O)[C@@H](O)[C@H]2O)[C@@H]1O. The Bertz CT molecular complexity index is 2180. The molecule has 0 aromatic heterocycles. The molecule has 0 radical (unpaired) electrons. The first-order valence-corrected chi connectivity index (χ1v) is 27.9. The van der Waals surface area contributed by atoms with Gasteiger partial charge in [-0.3, -0.25) is 4.79 Å². The average molecular weight is 1100 g/mol. The lowest BCUT2D eigenvalue weighted by atomic mass is 9.33. The second-order valence-corrected chi connectivity index (χ2v) is 26.5. The van der Waals surface area contributed by atoms with Crippen LogP contribution in [0.2, 0.25) is 0 Å². The third-order valence-corrected chi connectivity index (χ3v) is 21.5. The highest BCUT2D eigenvalue weighted by Crippen LogP contribution is 2.76. The van der Waals surface area contributed by atoms with Crippen molar-refractivity contribution in [1.29, 1.82) is 0 Å². The van der Waals surface area contributed by atoms with Crippen molar-refractivity contribution in [2.45, 2.75) is 255 Å². The molecule has 0 spiro atoms. The lowest BCUT2D eigenvalue weighted by Gasteiger charge is -2.71. The maximum atomic E-state index is 15.1. The molecule has 28 atom stereocenters. The number of methoxy groups -OCH3 is 1. The van der Waals surface area contributed by atoms with Gasteiger partial charge in [0.1, 0.15) is 79.4 Å². The van der Waals surface area contributed by atoms with Gasteiger partial charge < -0.3 is 98.8 Å². The van der Waals surface area contributed by atoms with E-state index in [1.165, 1.54) is 19.4 Å². The summed E-state index contributed by atoms with van der Waals surface area (Å²) in [5.74, 6) is -1.41. The highest BCUT2D eigenvalue weighted by atomic mass is 16.8. The fraction of sp³-hybridized carbons (Fsp3) is 0.927. The third-order valence-electron chi connectivity index (χ3n) is 21.5. The summed E-state index contributed by atoms with van der Waals surface area (Å²) >= 11 is 0. The summed E-state index contributed by atoms with van der Waals surface area (Å²) in [7, 11) is 1.13. The summed E-state index contributed by atoms with van der Waals surface area (Å²) < 4.78 is 52.8. The molecule has 0 amide bonds. The van der Waals surface area contributed by atoms with Gasteiger partial charge in [-0.05, 0) is 123 Å². The van der Waals surface area contributed by atoms with Crippen LogP contribution < -0.4 is 0 Å². The van der Waals surface area contributed by atoms with Crippen molar-refractivity contribution >= 4 is 11.9 Å². The molecule has 0 aromatic carbocycles. The number of aliphatic hydroxyl groups excluding tert-OH is 11. The summed E-state index contributed by atoms with van der Waals surface area (Å²) in [6.07, 6.45) is -22.3. The van der Waals surface area contributed by atoms with Gasteiger partial charge in [0.2, 0.25) is 6.29 Å². The lowest BCUT2D eigenvalue weighted by molar-refractivity contribution is -0.363. The Kier molecular flexibility index (Phi) is 16.5. The zero-order chi connectivity index (χ0) is 56.4. The normalized spacial score (nSPS) is 53.3. The minimum atomic E-state index is -1.83. The molecule has 9 rings (SSSR count). The van der Waals surface area contributed by atoms with E-state index in [9.17, 15) is 61.0 Å². The van der Waals surface area contributed by atoms with Gasteiger partial charge in [-0.15, -0.1) is 0 Å². The van der Waals surface area contributed by atoms with E-state index in [1.54, 1.807) is 0 Å². The Labute approximate surface area is 450 Å². The third kappa shape index (κ3) is 9.67. The number of carbonyl (C=O) groups excluding carboxylic acids is 2. The van der Waals surface area contributed by atoms with E-state index in [0.717, 1.165) is 39.2 Å². The Morgan fingerprint density at radius 2 is 1.17 bits per heavy atom. The molecule has 77 heavy (non-hydrogen) atoms. The van der Waals surface area contributed by atoms with Gasteiger partial charge in [-0.1, -0.05) is 60.1 Å². The Balaban J connectivity index is 0.927. The van der Waals surface area contributed by atoms with Gasteiger partial charge >= 0.3 is 11.9 Å². The molecule has 22 heteroatoms. The first-order chi connectivity index (χ1) is 35.9. The van der Waals surface area contributed by atoms with Crippen molar-refractivity contribution in [3.05, 3.63) is 11.6 Å². The largest absolute Gasteiger partial charge is 0.467 e. The van der Waals surface area contributed by atoms with Crippen molar-refractivity contribution < 1.29 is 108 Å². The first kappa shape index (κ1) is 59.6. The molecular formula is C55H88O22. The number of rotatable bonds is 10. The Hall–Kier alpha value is -2.04. The number of allylic oxidation sites excluding steroid dienone is 2. The summed E-state index contributed by atoms with van der Waals surface area (Å²) in [5.41, 5.74) is -1.16. The summed E-state index contributed by atoms with van der Waals surface area (Å²) in [6, 6.07) is 0. The van der Waals surface area contributed by atoms with Crippen molar-refractivity contribution in [1.82, 2.24) is 0 Å². The quantitative estimate of drug-likeness (QED) is 0.0791. The summed E-state index contributed by atoms with van der Waals surface area (Å²) in [5, 5.41) is 119. The van der Waals surface area contributed by atoms with Crippen molar-refractivity contribution in [3.8, 4) is 0 Å². The van der Waals surface area contributed by atoms with E-state index in [0.29, 0.717) is 32.1 Å². The van der Waals surface area contributed by atoms with E-state index in [2.05, 4.69) is 54.5 Å². The molecule has 4 aliphatic heterocycles. The molecule has 4 saturated heterocycles. The van der Waals surface area contributed by atoms with Crippen LogP contribution in [0.3, 0.4) is 0 Å². The molecule has 22 nitrogen and oxygen atoms in total. The summed E-state index contributed by atoms with van der Waals surface area (Å²) in [6.45, 7) is 18.1. The fourth-order valence-corrected chi connectivity index (χ4v) is 16.5. The molecule has 0 bridgehead atoms. The molecule has 0 unspecified atom stereocenters. The fourth-order valence-electron chi connectivity index (χ4n) is 16.5. The second kappa shape index (κ2) is 21.3. The van der Waals surface area contributed by atoms with E-state index < -0.39 is 158 Å². The highest BCUT2D eigenvalue weighted by Gasteiger charge is 2.70. The van der Waals surface area contributed by atoms with Crippen molar-refractivity contribution in [3.63, 3.8) is 0 Å². The molecule has 4 saturated carbocycles. The minimum absolute atomic E-state index is 0.111. The van der Waals surface area contributed by atoms with Gasteiger partial charge in [0.25, 0.3) is 0 Å². The predicted octanol–water partition coefficient (Wildman–Crippen LogP) is 0.201. The molecular weight excluding hydrogens is 1010 g/mol. The van der Waals surface area contributed by atoms with Crippen LogP contribution in [0.25, 0.3) is 0 Å². The van der Waals surface area contributed by atoms with E-state index in [1.807, 2.05) is 0 Å². The molecule has 0 aromatic rings. The van der Waals surface area contributed by atoms with Gasteiger partial charge in [0.15, 0.2) is 25.0 Å². The summed E-state index contributed by atoms with van der Waals surface area (Å²) in [4.78, 5) is 28.1. The molecule has 11 N–H and O–H groups in total. The van der Waals surface area contributed by atoms with Crippen LogP contribution >= 0.6 is 0 Å². The smallest absolute Gasteiger partial charge is 0.337 e. The van der Waals surface area contributed by atoms with E-state index in [-0.39, 0.29) is 39.4 Å². The number of fused-ring (bicyclic) bond motifs is 7. The van der Waals surface area contributed by atoms with Gasteiger partial charge in [0, 0.05) is 0 Å². The number of hydrogen-bond donors (Lipinski definition) is 11. The number of hydrogen-bond acceptors (Lipinski definition) is 22. The van der Waals surface area contributed by atoms with Crippen LogP contribution in [0.15, 0.2) is 11.6 Å². The first-order valence-electron chi connectivity index (χ1n) is 27.9. The Morgan fingerprint density at radius 1 is 0.597 bits per heavy atom. The molecule has 5 aliphatic carbocycles. The monoisotopic (exact) mass is 1100 g/mol. The average Bonchev–Trinajstić information content (AvgIpc) is 3.45. The number of ether oxygens (including phenoxy) is 9. The maximum absolute atomic E-state index is 15.1. The van der Waals surface area contributed by atoms with Crippen LogP contribution in [-0.2, 0) is 52.2 Å². The minimum Gasteiger partial charge on any atom is -0.467 e. The van der Waals surface area contributed by atoms with Crippen molar-refractivity contribution in [2.24, 2.45) is 50.2 Å². The van der Waals surface area contributed by atoms with Crippen molar-refractivity contribution in [2.75, 3.05) is 13.7 Å². The predicted molar refractivity (Wildman–Crippen MR) is 265 cm³/mol. The molecule has 440 valence electrons. The lowest BCUT2D eigenvalue weighted by Crippen LogP contribution is -2.67. The number of esters is 2. The van der Waals surface area contributed by atoms with E-state index in [4.69, 9.17) is 42.6 Å². The standard InChI is InChI=1S/C55H88O22/c1-23-31(57)33(59)36(62)45(70-23)74-41-27(22-56)72-47(38(64)35(41)61)77-49(68)55-19-17-50(3,4)21-26(55)25-11-12-29-52(7)15-14-30(51(5,6)28(52)13-16-54(29,9)53(25,8)18-20-55)73-48-40(66)42(39(65)43(76-48)44(67)69-10)75-46-37(63)34(60)32(58)24(2)71-46/h11,23-24,26-43,45-48,56-66H,12-22H2,1-10H3/t23-,24-,26-,27+,28-,29+,30-,31-,32-,33+,34+,35+,36+,37+,38+,39-,40+,41+,42-,43-,45-,46-,47-,48+,52-,53+,54+,55-/m0/s1. The van der Waals surface area contributed by atoms with E-state index >= 15 is 4.79 Å². The van der Waals surface area contributed by atoms with Crippen LogP contribution in [0, 0.1) is 50.2 Å². The highest BCUT2D eigenvalue weighted by molar-refractivity contribution is 5.79. The van der Waals surface area contributed by atoms with Gasteiger partial charge in [-0.2, -0.15) is 0 Å². The van der Waals surface area contributed by atoms with Crippen LogP contribution in [0.5, 0.6) is 0 Å².